The molecular weight excluding hydrogens is 444 g/mol. The first-order valence-corrected chi connectivity index (χ1v) is 11.3. The molecule has 4 heterocycles. The normalized spacial score (nSPS) is 12.5. The fourth-order valence-electron chi connectivity index (χ4n) is 3.82. The smallest absolute Gasteiger partial charge is 0.322 e. The molecule has 0 fully saturated rings. The summed E-state index contributed by atoms with van der Waals surface area (Å²) in [6, 6.07) is 12.4. The number of nitrogen functional groups attached to an aromatic ring is 1. The number of urea groups is 1. The molecule has 5 N–H and O–H groups in total. The van der Waals surface area contributed by atoms with Crippen LogP contribution in [0, 0.1) is 11.3 Å². The third-order valence-corrected chi connectivity index (χ3v) is 7.30. The van der Waals surface area contributed by atoms with Crippen molar-refractivity contribution in [1.82, 2.24) is 9.88 Å². The second kappa shape index (κ2) is 7.64. The van der Waals surface area contributed by atoms with Crippen LogP contribution in [0.2, 0.25) is 0 Å². The Morgan fingerprint density at radius 2 is 1.97 bits per heavy atom. The summed E-state index contributed by atoms with van der Waals surface area (Å²) in [7, 11) is 0. The fourth-order valence-corrected chi connectivity index (χ4v) is 5.60. The number of fused-ring (bicyclic) bond motifs is 2. The minimum Gasteiger partial charge on any atom is -0.397 e. The van der Waals surface area contributed by atoms with Gasteiger partial charge in [-0.2, -0.15) is 5.26 Å². The number of aromatic nitrogens is 1. The number of nitriles is 1. The molecule has 5 rings (SSSR count). The third-order valence-electron chi connectivity index (χ3n) is 5.30. The van der Waals surface area contributed by atoms with E-state index in [9.17, 15) is 9.59 Å². The zero-order chi connectivity index (χ0) is 22.4. The largest absolute Gasteiger partial charge is 0.397 e. The van der Waals surface area contributed by atoms with Crippen LogP contribution in [0.1, 0.15) is 26.5 Å². The minimum atomic E-state index is -0.578. The van der Waals surface area contributed by atoms with E-state index in [0.717, 1.165) is 21.7 Å². The van der Waals surface area contributed by atoms with Crippen molar-refractivity contribution in [3.63, 3.8) is 0 Å². The number of nitrogens with zero attached hydrogens (tertiary/aromatic N) is 3. The number of primary amides is 1. The SMILES string of the molecule is N#Cc1ccc(NC(=O)N2Cc3nc4sc(C(N)=O)c(N)c4c(-c4cccs4)c3C2)cc1. The molecule has 0 saturated heterocycles. The number of pyridine rings is 1. The van der Waals surface area contributed by atoms with Gasteiger partial charge in [-0.1, -0.05) is 6.07 Å². The van der Waals surface area contributed by atoms with Crippen LogP contribution in [0.15, 0.2) is 41.8 Å². The second-order valence-corrected chi connectivity index (χ2v) is 9.20. The Balaban J connectivity index is 1.53. The van der Waals surface area contributed by atoms with E-state index in [-0.39, 0.29) is 6.03 Å². The Morgan fingerprint density at radius 3 is 2.62 bits per heavy atom. The molecular formula is C22H16N6O2S2. The Labute approximate surface area is 190 Å². The predicted octanol–water partition coefficient (Wildman–Crippen LogP) is 4.13. The minimum absolute atomic E-state index is 0.265. The summed E-state index contributed by atoms with van der Waals surface area (Å²) < 4.78 is 0. The summed E-state index contributed by atoms with van der Waals surface area (Å²) in [4.78, 5) is 33.1. The standard InChI is InChI=1S/C22H16N6O2S2/c23-8-11-3-5-12(6-4-11)26-22(30)28-9-13-14(10-28)27-21-17(16(13)15-2-1-7-31-15)18(24)19(32-21)20(25)29/h1-7H,9-10,24H2,(H2,25,29)(H,26,30). The Kier molecular flexibility index (Phi) is 4.77. The van der Waals surface area contributed by atoms with E-state index in [1.807, 2.05) is 17.5 Å². The molecule has 4 aromatic rings. The molecule has 1 aliphatic heterocycles. The van der Waals surface area contributed by atoms with E-state index < -0.39 is 5.91 Å². The lowest BCUT2D eigenvalue weighted by Crippen LogP contribution is -2.30. The van der Waals surface area contributed by atoms with E-state index in [1.54, 1.807) is 40.5 Å². The third kappa shape index (κ3) is 3.24. The number of nitrogens with two attached hydrogens (primary N) is 2. The molecule has 0 atom stereocenters. The number of carbonyl (C=O) groups is 2. The summed E-state index contributed by atoms with van der Waals surface area (Å²) in [5.74, 6) is -0.578. The quantitative estimate of drug-likeness (QED) is 0.422. The van der Waals surface area contributed by atoms with E-state index in [0.29, 0.717) is 45.1 Å². The van der Waals surface area contributed by atoms with Gasteiger partial charge in [-0.05, 0) is 35.7 Å². The van der Waals surface area contributed by atoms with Crippen molar-refractivity contribution in [3.05, 3.63) is 63.5 Å². The molecule has 32 heavy (non-hydrogen) atoms. The van der Waals surface area contributed by atoms with Crippen LogP contribution in [0.5, 0.6) is 0 Å². The van der Waals surface area contributed by atoms with Crippen LogP contribution in [-0.2, 0) is 13.1 Å². The highest BCUT2D eigenvalue weighted by Gasteiger charge is 2.31. The van der Waals surface area contributed by atoms with Crippen LogP contribution in [-0.4, -0.2) is 21.8 Å². The molecule has 10 heteroatoms. The van der Waals surface area contributed by atoms with Crippen molar-refractivity contribution >= 4 is 56.2 Å². The maximum Gasteiger partial charge on any atom is 0.322 e. The zero-order valence-electron chi connectivity index (χ0n) is 16.6. The van der Waals surface area contributed by atoms with Crippen LogP contribution < -0.4 is 16.8 Å². The number of amides is 3. The molecule has 1 aromatic carbocycles. The lowest BCUT2D eigenvalue weighted by molar-refractivity contribution is 0.100. The highest BCUT2D eigenvalue weighted by Crippen LogP contribution is 2.45. The van der Waals surface area contributed by atoms with Crippen LogP contribution >= 0.6 is 22.7 Å². The van der Waals surface area contributed by atoms with Gasteiger partial charge >= 0.3 is 6.03 Å². The van der Waals surface area contributed by atoms with Gasteiger partial charge in [-0.25, -0.2) is 9.78 Å². The number of rotatable bonds is 3. The molecule has 0 unspecified atom stereocenters. The molecule has 3 aromatic heterocycles. The lowest BCUT2D eigenvalue weighted by Gasteiger charge is -2.16. The topological polar surface area (TPSA) is 138 Å². The van der Waals surface area contributed by atoms with Crippen LogP contribution in [0.3, 0.4) is 0 Å². The number of anilines is 2. The zero-order valence-corrected chi connectivity index (χ0v) is 18.2. The average molecular weight is 461 g/mol. The first kappa shape index (κ1) is 20.0. The van der Waals surface area contributed by atoms with E-state index in [4.69, 9.17) is 21.7 Å². The molecule has 0 bridgehead atoms. The van der Waals surface area contributed by atoms with Gasteiger partial charge in [0.1, 0.15) is 9.71 Å². The van der Waals surface area contributed by atoms with Gasteiger partial charge in [0.25, 0.3) is 5.91 Å². The number of thiophene rings is 2. The van der Waals surface area contributed by atoms with Crippen molar-refractivity contribution in [3.8, 4) is 16.5 Å². The van der Waals surface area contributed by atoms with Gasteiger partial charge in [-0.15, -0.1) is 22.7 Å². The van der Waals surface area contributed by atoms with Gasteiger partial charge in [0.15, 0.2) is 0 Å². The number of hydrogen-bond donors (Lipinski definition) is 3. The highest BCUT2D eigenvalue weighted by molar-refractivity contribution is 7.21. The lowest BCUT2D eigenvalue weighted by atomic mass is 10.0. The summed E-state index contributed by atoms with van der Waals surface area (Å²) in [6.45, 7) is 0.685. The monoisotopic (exact) mass is 460 g/mol. The molecule has 0 radical (unpaired) electrons. The Morgan fingerprint density at radius 1 is 1.19 bits per heavy atom. The summed E-state index contributed by atoms with van der Waals surface area (Å²) in [6.07, 6.45) is 0. The van der Waals surface area contributed by atoms with E-state index in [1.165, 1.54) is 11.3 Å². The first-order valence-electron chi connectivity index (χ1n) is 9.59. The highest BCUT2D eigenvalue weighted by atomic mass is 32.1. The molecule has 0 saturated carbocycles. The van der Waals surface area contributed by atoms with Crippen LogP contribution in [0.4, 0.5) is 16.2 Å². The first-order chi connectivity index (χ1) is 15.5. The Bertz CT molecular complexity index is 1420. The summed E-state index contributed by atoms with van der Waals surface area (Å²) in [5.41, 5.74) is 15.9. The van der Waals surface area contributed by atoms with Gasteiger partial charge in [0.2, 0.25) is 0 Å². The summed E-state index contributed by atoms with van der Waals surface area (Å²) in [5, 5.41) is 14.5. The fraction of sp³-hybridized carbons (Fsp3) is 0.0909. The Hall–Kier alpha value is -3.94. The van der Waals surface area contributed by atoms with Gasteiger partial charge in [-0.3, -0.25) is 4.79 Å². The maximum atomic E-state index is 12.9. The van der Waals surface area contributed by atoms with Crippen molar-refractivity contribution in [2.75, 3.05) is 11.1 Å². The molecule has 0 spiro atoms. The molecule has 158 valence electrons. The molecule has 1 aliphatic rings. The van der Waals surface area contributed by atoms with Crippen molar-refractivity contribution in [1.29, 1.82) is 5.26 Å². The number of nitrogens with one attached hydrogen (secondary N) is 1. The van der Waals surface area contributed by atoms with Gasteiger partial charge in [0.05, 0.1) is 36.1 Å². The van der Waals surface area contributed by atoms with E-state index >= 15 is 0 Å². The molecule has 8 nitrogen and oxygen atoms in total. The summed E-state index contributed by atoms with van der Waals surface area (Å²) >= 11 is 2.73. The second-order valence-electron chi connectivity index (χ2n) is 7.25. The van der Waals surface area contributed by atoms with E-state index in [2.05, 4.69) is 11.4 Å². The number of carbonyl (C=O) groups excluding carboxylic acids is 2. The van der Waals surface area contributed by atoms with Crippen molar-refractivity contribution in [2.24, 2.45) is 5.73 Å². The van der Waals surface area contributed by atoms with Crippen molar-refractivity contribution in [2.45, 2.75) is 13.1 Å². The van der Waals surface area contributed by atoms with Crippen LogP contribution in [0.25, 0.3) is 20.7 Å². The van der Waals surface area contributed by atoms with Gasteiger partial charge in [0, 0.05) is 27.1 Å². The molecule has 0 aliphatic carbocycles. The number of benzene rings is 1. The van der Waals surface area contributed by atoms with Gasteiger partial charge < -0.3 is 21.7 Å². The maximum absolute atomic E-state index is 12.9. The molecule has 3 amide bonds. The predicted molar refractivity (Wildman–Crippen MR) is 125 cm³/mol. The van der Waals surface area contributed by atoms with Crippen molar-refractivity contribution < 1.29 is 9.59 Å². The number of hydrogen-bond acceptors (Lipinski definition) is 7. The average Bonchev–Trinajstić information content (AvgIpc) is 3.52.